The molecule has 1 aromatic rings. The first-order chi connectivity index (χ1) is 7.27. The molecule has 3 nitrogen and oxygen atoms in total. The zero-order chi connectivity index (χ0) is 11.3. The smallest absolute Gasteiger partial charge is 0.234 e. The Hall–Kier alpha value is -1.64. The van der Waals surface area contributed by atoms with Gasteiger partial charge in [-0.1, -0.05) is 44.2 Å². The number of carbonyl (C=O) groups is 2. The summed E-state index contributed by atoms with van der Waals surface area (Å²) >= 11 is 0. The van der Waals surface area contributed by atoms with Crippen LogP contribution in [0.5, 0.6) is 0 Å². The molecular formula is C12H15NO2. The first-order valence-electron chi connectivity index (χ1n) is 5.16. The Labute approximate surface area is 89.5 Å². The Morgan fingerprint density at radius 3 is 2.20 bits per heavy atom. The maximum Gasteiger partial charge on any atom is 0.234 e. The van der Waals surface area contributed by atoms with Crippen LogP contribution in [0.4, 0.5) is 0 Å². The summed E-state index contributed by atoms with van der Waals surface area (Å²) in [5.41, 5.74) is 0.908. The third-order valence-corrected chi connectivity index (χ3v) is 2.17. The Bertz CT molecular complexity index is 346. The maximum atomic E-state index is 11.3. The van der Waals surface area contributed by atoms with Gasteiger partial charge >= 0.3 is 0 Å². The Balaban J connectivity index is 0.000000531. The van der Waals surface area contributed by atoms with Crippen molar-refractivity contribution in [3.63, 3.8) is 0 Å². The van der Waals surface area contributed by atoms with Gasteiger partial charge in [0.2, 0.25) is 11.8 Å². The van der Waals surface area contributed by atoms with Crippen molar-refractivity contribution in [3.8, 4) is 0 Å². The molecule has 80 valence electrons. The maximum absolute atomic E-state index is 11.3. The summed E-state index contributed by atoms with van der Waals surface area (Å²) < 4.78 is 0. The molecule has 1 aliphatic heterocycles. The van der Waals surface area contributed by atoms with Gasteiger partial charge in [0.15, 0.2) is 0 Å². The molecule has 0 spiro atoms. The number of rotatable bonds is 1. The molecule has 0 aromatic heterocycles. The standard InChI is InChI=1S/C10H9NO2.C2H6/c12-9-6-8(10(13)11-9)7-4-2-1-3-5-7;1-2/h1-5,8H,6H2,(H,11,12,13);1-2H3/t8-;/m1./s1. The monoisotopic (exact) mass is 205 g/mol. The lowest BCUT2D eigenvalue weighted by Gasteiger charge is -2.04. The molecule has 1 heterocycles. The van der Waals surface area contributed by atoms with Gasteiger partial charge in [0.1, 0.15) is 0 Å². The highest BCUT2D eigenvalue weighted by Gasteiger charge is 2.31. The van der Waals surface area contributed by atoms with E-state index in [4.69, 9.17) is 0 Å². The van der Waals surface area contributed by atoms with Gasteiger partial charge in [-0.25, -0.2) is 0 Å². The molecule has 1 aromatic carbocycles. The van der Waals surface area contributed by atoms with Gasteiger partial charge in [0.05, 0.1) is 5.92 Å². The van der Waals surface area contributed by atoms with E-state index < -0.39 is 0 Å². The molecule has 15 heavy (non-hydrogen) atoms. The second kappa shape index (κ2) is 5.29. The fraction of sp³-hybridized carbons (Fsp3) is 0.333. The van der Waals surface area contributed by atoms with Crippen molar-refractivity contribution in [1.82, 2.24) is 5.32 Å². The normalized spacial score (nSPS) is 19.2. The highest BCUT2D eigenvalue weighted by Crippen LogP contribution is 2.23. The molecule has 3 heteroatoms. The summed E-state index contributed by atoms with van der Waals surface area (Å²) in [7, 11) is 0. The summed E-state index contributed by atoms with van der Waals surface area (Å²) in [6.45, 7) is 4.00. The quantitative estimate of drug-likeness (QED) is 0.711. The largest absolute Gasteiger partial charge is 0.296 e. The van der Waals surface area contributed by atoms with Crippen LogP contribution in [0.25, 0.3) is 0 Å². The molecule has 0 unspecified atom stereocenters. The number of carbonyl (C=O) groups excluding carboxylic acids is 2. The average Bonchev–Trinajstić information content (AvgIpc) is 2.62. The van der Waals surface area contributed by atoms with Crippen molar-refractivity contribution in [2.24, 2.45) is 0 Å². The Morgan fingerprint density at radius 1 is 1.13 bits per heavy atom. The fourth-order valence-electron chi connectivity index (χ4n) is 1.51. The number of amides is 2. The lowest BCUT2D eigenvalue weighted by Crippen LogP contribution is -2.21. The zero-order valence-corrected chi connectivity index (χ0v) is 8.99. The topological polar surface area (TPSA) is 46.2 Å². The van der Waals surface area contributed by atoms with Crippen molar-refractivity contribution in [2.45, 2.75) is 26.2 Å². The van der Waals surface area contributed by atoms with Gasteiger partial charge in [-0.15, -0.1) is 0 Å². The highest BCUT2D eigenvalue weighted by molar-refractivity contribution is 6.06. The van der Waals surface area contributed by atoms with Gasteiger partial charge in [-0.2, -0.15) is 0 Å². The highest BCUT2D eigenvalue weighted by atomic mass is 16.2. The third kappa shape index (κ3) is 2.65. The summed E-state index contributed by atoms with van der Waals surface area (Å²) in [6, 6.07) is 9.35. The van der Waals surface area contributed by atoms with Crippen molar-refractivity contribution in [2.75, 3.05) is 0 Å². The second-order valence-electron chi connectivity index (χ2n) is 3.08. The van der Waals surface area contributed by atoms with E-state index in [9.17, 15) is 9.59 Å². The van der Waals surface area contributed by atoms with E-state index in [0.29, 0.717) is 0 Å². The van der Waals surface area contributed by atoms with Gasteiger partial charge in [0.25, 0.3) is 0 Å². The molecule has 2 rings (SSSR count). The molecule has 0 bridgehead atoms. The minimum absolute atomic E-state index is 0.182. The van der Waals surface area contributed by atoms with Gasteiger partial charge in [-0.05, 0) is 5.56 Å². The van der Waals surface area contributed by atoms with Crippen LogP contribution in [0.15, 0.2) is 30.3 Å². The predicted molar refractivity (Wildman–Crippen MR) is 58.3 cm³/mol. The first-order valence-corrected chi connectivity index (χ1v) is 5.16. The van der Waals surface area contributed by atoms with E-state index in [1.54, 1.807) is 0 Å². The van der Waals surface area contributed by atoms with E-state index in [0.717, 1.165) is 5.56 Å². The summed E-state index contributed by atoms with van der Waals surface area (Å²) in [6.07, 6.45) is 0.281. The molecule has 1 saturated heterocycles. The van der Waals surface area contributed by atoms with E-state index in [1.165, 1.54) is 0 Å². The van der Waals surface area contributed by atoms with Crippen molar-refractivity contribution in [3.05, 3.63) is 35.9 Å². The summed E-state index contributed by atoms with van der Waals surface area (Å²) in [4.78, 5) is 22.2. The zero-order valence-electron chi connectivity index (χ0n) is 8.99. The number of hydrogen-bond acceptors (Lipinski definition) is 2. The number of benzene rings is 1. The lowest BCUT2D eigenvalue weighted by atomic mass is 9.98. The molecule has 1 fully saturated rings. The van der Waals surface area contributed by atoms with Crippen LogP contribution < -0.4 is 5.32 Å². The van der Waals surface area contributed by atoms with E-state index in [-0.39, 0.29) is 24.2 Å². The summed E-state index contributed by atoms with van der Waals surface area (Å²) in [5.74, 6) is -0.649. The van der Waals surface area contributed by atoms with Crippen molar-refractivity contribution >= 4 is 11.8 Å². The van der Waals surface area contributed by atoms with Gasteiger partial charge < -0.3 is 0 Å². The van der Waals surface area contributed by atoms with E-state index >= 15 is 0 Å². The van der Waals surface area contributed by atoms with Crippen molar-refractivity contribution < 1.29 is 9.59 Å². The lowest BCUT2D eigenvalue weighted by molar-refractivity contribution is -0.125. The number of hydrogen-bond donors (Lipinski definition) is 1. The molecular weight excluding hydrogens is 190 g/mol. The van der Waals surface area contributed by atoms with Gasteiger partial charge in [0, 0.05) is 6.42 Å². The van der Waals surface area contributed by atoms with Crippen LogP contribution in [-0.4, -0.2) is 11.8 Å². The molecule has 1 atom stereocenters. The number of nitrogens with one attached hydrogen (secondary N) is 1. The molecule has 0 saturated carbocycles. The van der Waals surface area contributed by atoms with Crippen LogP contribution >= 0.6 is 0 Å². The average molecular weight is 205 g/mol. The van der Waals surface area contributed by atoms with Crippen molar-refractivity contribution in [1.29, 1.82) is 0 Å². The minimum atomic E-state index is -0.284. The predicted octanol–water partition coefficient (Wildman–Crippen LogP) is 1.84. The summed E-state index contributed by atoms with van der Waals surface area (Å²) in [5, 5.41) is 2.29. The first kappa shape index (κ1) is 11.4. The Kier molecular flexibility index (Phi) is 4.03. The Morgan fingerprint density at radius 2 is 1.73 bits per heavy atom. The molecule has 2 amide bonds. The van der Waals surface area contributed by atoms with Crippen LogP contribution in [0, 0.1) is 0 Å². The van der Waals surface area contributed by atoms with Crippen LogP contribution in [0.2, 0.25) is 0 Å². The molecule has 1 aliphatic rings. The SMILES string of the molecule is CC.O=C1C[C@H](c2ccccc2)C(=O)N1. The molecule has 0 aliphatic carbocycles. The van der Waals surface area contributed by atoms with Crippen LogP contribution in [0.1, 0.15) is 31.7 Å². The van der Waals surface area contributed by atoms with Crippen LogP contribution in [-0.2, 0) is 9.59 Å². The van der Waals surface area contributed by atoms with Crippen LogP contribution in [0.3, 0.4) is 0 Å². The molecule has 0 radical (unpaired) electrons. The minimum Gasteiger partial charge on any atom is -0.296 e. The van der Waals surface area contributed by atoms with E-state index in [2.05, 4.69) is 5.32 Å². The van der Waals surface area contributed by atoms with E-state index in [1.807, 2.05) is 44.2 Å². The molecule has 1 N–H and O–H groups in total. The third-order valence-electron chi connectivity index (χ3n) is 2.17. The van der Waals surface area contributed by atoms with Gasteiger partial charge in [-0.3, -0.25) is 14.9 Å². The number of imide groups is 1. The second-order valence-corrected chi connectivity index (χ2v) is 3.08. The fourth-order valence-corrected chi connectivity index (χ4v) is 1.51.